The topological polar surface area (TPSA) is 64.6 Å². The number of carbonyl (C=O) groups is 2. The highest BCUT2D eigenvalue weighted by Gasteiger charge is 2.08. The van der Waals surface area contributed by atoms with E-state index in [0.29, 0.717) is 11.1 Å². The van der Waals surface area contributed by atoms with Crippen LogP contribution in [-0.4, -0.2) is 32.2 Å². The Kier molecular flexibility index (Phi) is 5.60. The molecule has 0 fully saturated rings. The van der Waals surface area contributed by atoms with Crippen LogP contribution in [0.25, 0.3) is 0 Å². The summed E-state index contributed by atoms with van der Waals surface area (Å²) in [5.41, 5.74) is 1.58. The molecule has 0 radical (unpaired) electrons. The third kappa shape index (κ3) is 4.83. The molecule has 1 aromatic carbocycles. The molecule has 0 amide bonds. The quantitative estimate of drug-likeness (QED) is 0.483. The number of hydrogen-bond acceptors (Lipinski definition) is 5. The molecule has 0 unspecified atom stereocenters. The van der Waals surface area contributed by atoms with E-state index in [1.54, 1.807) is 32.2 Å². The molecule has 0 atom stereocenters. The zero-order chi connectivity index (χ0) is 14.3. The summed E-state index contributed by atoms with van der Waals surface area (Å²) >= 11 is 0. The van der Waals surface area contributed by atoms with Gasteiger partial charge in [-0.1, -0.05) is 12.6 Å². The van der Waals surface area contributed by atoms with Gasteiger partial charge in [0.25, 0.3) is 0 Å². The third-order valence-electron chi connectivity index (χ3n) is 2.29. The molecular formula is C14H17NO4. The van der Waals surface area contributed by atoms with Crippen LogP contribution in [0.1, 0.15) is 17.3 Å². The van der Waals surface area contributed by atoms with Crippen LogP contribution in [-0.2, 0) is 14.3 Å². The van der Waals surface area contributed by atoms with E-state index in [1.807, 2.05) is 6.07 Å². The van der Waals surface area contributed by atoms with Gasteiger partial charge in [-0.15, -0.1) is 0 Å². The Morgan fingerprint density at radius 3 is 2.58 bits per heavy atom. The molecule has 5 heteroatoms. The number of rotatable bonds is 6. The zero-order valence-electron chi connectivity index (χ0n) is 11.1. The van der Waals surface area contributed by atoms with Gasteiger partial charge in [0, 0.05) is 18.3 Å². The first-order valence-corrected chi connectivity index (χ1v) is 5.82. The normalized spacial score (nSPS) is 9.58. The number of esters is 2. The molecular weight excluding hydrogens is 246 g/mol. The van der Waals surface area contributed by atoms with Crippen molar-refractivity contribution in [1.29, 1.82) is 0 Å². The maximum atomic E-state index is 11.7. The Bertz CT molecular complexity index is 482. The number of hydrogen-bond donors (Lipinski definition) is 1. The highest BCUT2D eigenvalue weighted by atomic mass is 16.6. The molecule has 19 heavy (non-hydrogen) atoms. The number of benzene rings is 1. The first kappa shape index (κ1) is 14.8. The van der Waals surface area contributed by atoms with Crippen LogP contribution >= 0.6 is 0 Å². The van der Waals surface area contributed by atoms with Crippen LogP contribution in [0.4, 0.5) is 5.69 Å². The predicted octanol–water partition coefficient (Wildman–Crippen LogP) is 2.00. The van der Waals surface area contributed by atoms with Crippen molar-refractivity contribution in [2.45, 2.75) is 6.92 Å². The number of anilines is 1. The number of nitrogens with one attached hydrogen (secondary N) is 1. The van der Waals surface area contributed by atoms with Crippen LogP contribution < -0.4 is 5.32 Å². The Morgan fingerprint density at radius 1 is 1.26 bits per heavy atom. The SMILES string of the molecule is C=C(C)C(=O)OCCOC(=O)c1cccc(NC)c1. The highest BCUT2D eigenvalue weighted by molar-refractivity contribution is 5.90. The van der Waals surface area contributed by atoms with Gasteiger partial charge in [-0.2, -0.15) is 0 Å². The lowest BCUT2D eigenvalue weighted by atomic mass is 10.2. The fourth-order valence-corrected chi connectivity index (χ4v) is 1.28. The molecule has 0 saturated carbocycles. The van der Waals surface area contributed by atoms with E-state index in [1.165, 1.54) is 0 Å². The van der Waals surface area contributed by atoms with E-state index < -0.39 is 11.9 Å². The molecule has 0 aliphatic carbocycles. The fraction of sp³-hybridized carbons (Fsp3) is 0.286. The Labute approximate surface area is 112 Å². The second-order valence-corrected chi connectivity index (χ2v) is 3.88. The van der Waals surface area contributed by atoms with E-state index >= 15 is 0 Å². The molecule has 0 bridgehead atoms. The summed E-state index contributed by atoms with van der Waals surface area (Å²) in [7, 11) is 1.77. The first-order chi connectivity index (χ1) is 9.04. The molecule has 0 aromatic heterocycles. The number of carbonyl (C=O) groups excluding carboxylic acids is 2. The van der Waals surface area contributed by atoms with Gasteiger partial charge in [0.15, 0.2) is 0 Å². The molecule has 0 spiro atoms. The Hall–Kier alpha value is -2.30. The largest absolute Gasteiger partial charge is 0.459 e. The summed E-state index contributed by atoms with van der Waals surface area (Å²) in [6.45, 7) is 5.03. The summed E-state index contributed by atoms with van der Waals surface area (Å²) < 4.78 is 9.79. The van der Waals surface area contributed by atoms with E-state index in [0.717, 1.165) is 5.69 Å². The lowest BCUT2D eigenvalue weighted by Crippen LogP contribution is -2.14. The van der Waals surface area contributed by atoms with Crippen molar-refractivity contribution in [1.82, 2.24) is 0 Å². The average molecular weight is 263 g/mol. The second-order valence-electron chi connectivity index (χ2n) is 3.88. The van der Waals surface area contributed by atoms with Crippen molar-refractivity contribution >= 4 is 17.6 Å². The van der Waals surface area contributed by atoms with Crippen molar-refractivity contribution in [2.24, 2.45) is 0 Å². The maximum Gasteiger partial charge on any atom is 0.338 e. The van der Waals surface area contributed by atoms with Crippen molar-refractivity contribution in [2.75, 3.05) is 25.6 Å². The van der Waals surface area contributed by atoms with Gasteiger partial charge in [-0.25, -0.2) is 9.59 Å². The smallest absolute Gasteiger partial charge is 0.338 e. The standard InChI is InChI=1S/C14H17NO4/c1-10(2)13(16)18-7-8-19-14(17)11-5-4-6-12(9-11)15-3/h4-6,9,15H,1,7-8H2,2-3H3. The Morgan fingerprint density at radius 2 is 1.95 bits per heavy atom. The van der Waals surface area contributed by atoms with Gasteiger partial charge in [0.2, 0.25) is 0 Å². The van der Waals surface area contributed by atoms with Crippen molar-refractivity contribution in [3.8, 4) is 0 Å². The zero-order valence-corrected chi connectivity index (χ0v) is 11.1. The minimum Gasteiger partial charge on any atom is -0.459 e. The Balaban J connectivity index is 2.39. The van der Waals surface area contributed by atoms with Gasteiger partial charge < -0.3 is 14.8 Å². The van der Waals surface area contributed by atoms with Crippen LogP contribution in [0, 0.1) is 0 Å². The van der Waals surface area contributed by atoms with E-state index in [-0.39, 0.29) is 13.2 Å². The first-order valence-electron chi connectivity index (χ1n) is 5.82. The molecule has 0 saturated heterocycles. The van der Waals surface area contributed by atoms with E-state index in [4.69, 9.17) is 9.47 Å². The minimum atomic E-state index is -0.492. The molecule has 1 N–H and O–H groups in total. The molecule has 0 aliphatic rings. The average Bonchev–Trinajstić information content (AvgIpc) is 2.42. The van der Waals surface area contributed by atoms with Crippen LogP contribution in [0.5, 0.6) is 0 Å². The van der Waals surface area contributed by atoms with E-state index in [9.17, 15) is 9.59 Å². The summed E-state index contributed by atoms with van der Waals surface area (Å²) in [5, 5.41) is 2.93. The van der Waals surface area contributed by atoms with Gasteiger partial charge >= 0.3 is 11.9 Å². The van der Waals surface area contributed by atoms with Crippen LogP contribution in [0.15, 0.2) is 36.4 Å². The van der Waals surface area contributed by atoms with Crippen LogP contribution in [0.3, 0.4) is 0 Å². The van der Waals surface area contributed by atoms with Gasteiger partial charge in [-0.3, -0.25) is 0 Å². The fourth-order valence-electron chi connectivity index (χ4n) is 1.28. The summed E-state index contributed by atoms with van der Waals surface area (Å²) in [6, 6.07) is 6.93. The molecule has 0 heterocycles. The third-order valence-corrected chi connectivity index (χ3v) is 2.29. The van der Waals surface area contributed by atoms with E-state index in [2.05, 4.69) is 11.9 Å². The highest BCUT2D eigenvalue weighted by Crippen LogP contribution is 2.10. The van der Waals surface area contributed by atoms with Crippen molar-refractivity contribution in [3.63, 3.8) is 0 Å². The molecule has 0 aliphatic heterocycles. The second kappa shape index (κ2) is 7.20. The summed E-state index contributed by atoms with van der Waals surface area (Å²) in [4.78, 5) is 22.8. The maximum absolute atomic E-state index is 11.7. The molecule has 5 nitrogen and oxygen atoms in total. The van der Waals surface area contributed by atoms with Crippen molar-refractivity contribution < 1.29 is 19.1 Å². The predicted molar refractivity (Wildman–Crippen MR) is 72.0 cm³/mol. The molecule has 1 aromatic rings. The summed E-state index contributed by atoms with van der Waals surface area (Å²) in [6.07, 6.45) is 0. The van der Waals surface area contributed by atoms with Gasteiger partial charge in [-0.05, 0) is 25.1 Å². The monoisotopic (exact) mass is 263 g/mol. The minimum absolute atomic E-state index is 0.0155. The van der Waals surface area contributed by atoms with Crippen molar-refractivity contribution in [3.05, 3.63) is 42.0 Å². The lowest BCUT2D eigenvalue weighted by molar-refractivity contribution is -0.140. The van der Waals surface area contributed by atoms with Gasteiger partial charge in [0.05, 0.1) is 5.56 Å². The molecule has 102 valence electrons. The van der Waals surface area contributed by atoms with Crippen LogP contribution in [0.2, 0.25) is 0 Å². The summed E-state index contributed by atoms with van der Waals surface area (Å²) in [5.74, 6) is -0.947. The van der Waals surface area contributed by atoms with Gasteiger partial charge in [0.1, 0.15) is 13.2 Å². The number of ether oxygens (including phenoxy) is 2. The molecule has 1 rings (SSSR count). The lowest BCUT2D eigenvalue weighted by Gasteiger charge is -2.07.